The molecule has 5 aliphatic rings. The lowest BCUT2D eigenvalue weighted by molar-refractivity contribution is -0.384. The molecule has 0 spiro atoms. The molecule has 1 saturated carbocycles. The number of non-ortho nitro benzene ring substituents is 1. The number of hydrogen-bond acceptors (Lipinski definition) is 24. The number of amides is 11. The van der Waals surface area contributed by atoms with Gasteiger partial charge in [0.05, 0.1) is 35.0 Å². The van der Waals surface area contributed by atoms with Gasteiger partial charge in [-0.15, -0.1) is 0 Å². The van der Waals surface area contributed by atoms with Gasteiger partial charge in [-0.25, -0.2) is 4.79 Å². The summed E-state index contributed by atoms with van der Waals surface area (Å²) in [6, 6.07) is 16.1. The number of carbonyl (C=O) groups is 12. The number of unbranched alkanes of at least 4 members (excludes halogenated alkanes) is 3. The van der Waals surface area contributed by atoms with Gasteiger partial charge in [0.1, 0.15) is 65.4 Å². The van der Waals surface area contributed by atoms with Crippen LogP contribution in [0, 0.1) is 16.0 Å². The van der Waals surface area contributed by atoms with Crippen molar-refractivity contribution >= 4 is 128 Å². The summed E-state index contributed by atoms with van der Waals surface area (Å²) in [6.07, 6.45) is 5.57. The van der Waals surface area contributed by atoms with Gasteiger partial charge in [-0.3, -0.25) is 67.6 Å². The predicted molar refractivity (Wildman–Crippen MR) is 454 cm³/mol. The van der Waals surface area contributed by atoms with E-state index < -0.39 is 131 Å². The number of carboxylic acids is 1. The van der Waals surface area contributed by atoms with E-state index in [-0.39, 0.29) is 128 Å². The van der Waals surface area contributed by atoms with Gasteiger partial charge in [-0.05, 0) is 227 Å². The second-order valence-electron chi connectivity index (χ2n) is 30.6. The number of benzene rings is 5. The third-order valence-corrected chi connectivity index (χ3v) is 21.9. The van der Waals surface area contributed by atoms with Crippen molar-refractivity contribution in [3.05, 3.63) is 129 Å². The number of carbonyl (C=O) groups excluding carboxylic acids is 11. The summed E-state index contributed by atoms with van der Waals surface area (Å²) in [5.41, 5.74) is 20.0. The number of hydrogen-bond donors (Lipinski definition) is 16. The van der Waals surface area contributed by atoms with Crippen molar-refractivity contribution in [1.82, 2.24) is 57.7 Å². The minimum absolute atomic E-state index is 0.00844. The summed E-state index contributed by atoms with van der Waals surface area (Å²) in [5.74, 6) is -9.08. The molecule has 3 aliphatic heterocycles. The van der Waals surface area contributed by atoms with E-state index in [0.29, 0.717) is 123 Å². The maximum atomic E-state index is 14.6. The number of phenolic OH excluding ortho intramolecular Hbond substituents is 1. The van der Waals surface area contributed by atoms with Crippen LogP contribution in [0.3, 0.4) is 0 Å². The first-order valence-electron chi connectivity index (χ1n) is 40.8. The van der Waals surface area contributed by atoms with E-state index in [1.165, 1.54) is 78.2 Å². The fourth-order valence-corrected chi connectivity index (χ4v) is 15.2. The number of aromatic carboxylic acids is 1. The average Bonchev–Trinajstić information content (AvgIpc) is 1.22. The summed E-state index contributed by atoms with van der Waals surface area (Å²) in [6.45, 7) is 2.66. The van der Waals surface area contributed by atoms with E-state index in [1.807, 2.05) is 4.90 Å². The Balaban J connectivity index is 0.769. The van der Waals surface area contributed by atoms with Crippen LogP contribution in [0.5, 0.6) is 5.75 Å². The molecule has 2 aliphatic carbocycles. The molecule has 9 rings (SSSR count). The van der Waals surface area contributed by atoms with Gasteiger partial charge in [-0.2, -0.15) is 10.2 Å². The van der Waals surface area contributed by atoms with Crippen LogP contribution in [0.25, 0.3) is 33.4 Å². The Kier molecular flexibility index (Phi) is 34.5. The highest BCUT2D eigenvalue weighted by Crippen LogP contribution is 2.43. The van der Waals surface area contributed by atoms with Crippen LogP contribution >= 0.6 is 12.2 Å². The highest BCUT2D eigenvalue weighted by molar-refractivity contribution is 7.80. The fourth-order valence-electron chi connectivity index (χ4n) is 15.0. The number of nitro benzene ring substituents is 1. The van der Waals surface area contributed by atoms with Crippen molar-refractivity contribution in [2.45, 2.75) is 184 Å². The Morgan fingerprint density at radius 2 is 1.20 bits per heavy atom. The first kappa shape index (κ1) is 93.2. The molecule has 4 aromatic carbocycles. The zero-order valence-corrected chi connectivity index (χ0v) is 69.0. The molecule has 122 heavy (non-hydrogen) atoms. The number of aromatic hydroxyl groups is 1. The number of rotatable bonds is 42. The number of primary amides is 1. The number of aliphatic hydroxyl groups is 1. The van der Waals surface area contributed by atoms with Crippen LogP contribution in [-0.4, -0.2) is 220 Å². The molecule has 0 aromatic heterocycles. The highest BCUT2D eigenvalue weighted by Gasteiger charge is 2.42. The van der Waals surface area contributed by atoms with Crippen molar-refractivity contribution in [2.75, 3.05) is 69.7 Å². The number of phenols is 1. The largest absolute Gasteiger partial charge is 0.508 e. The summed E-state index contributed by atoms with van der Waals surface area (Å²) in [5, 5.41) is 78.3. The van der Waals surface area contributed by atoms with Crippen LogP contribution in [0.2, 0.25) is 0 Å². The number of azo groups is 1. The molecule has 8 atom stereocenters. The summed E-state index contributed by atoms with van der Waals surface area (Å²) in [7, 11) is 1.80. The normalized spacial score (nSPS) is 17.2. The first-order valence-corrected chi connectivity index (χ1v) is 41.2. The van der Waals surface area contributed by atoms with Gasteiger partial charge in [0.25, 0.3) is 5.69 Å². The van der Waals surface area contributed by atoms with Crippen LogP contribution < -0.4 is 80.7 Å². The van der Waals surface area contributed by atoms with E-state index >= 15 is 0 Å². The minimum atomic E-state index is -1.55. The maximum absolute atomic E-state index is 14.6. The lowest BCUT2D eigenvalue weighted by Gasteiger charge is -2.32. The number of nitrogens with zero attached hydrogens (tertiary/aromatic N) is 6. The van der Waals surface area contributed by atoms with E-state index in [1.54, 1.807) is 55.6 Å². The second-order valence-corrected chi connectivity index (χ2v) is 31.0. The van der Waals surface area contributed by atoms with E-state index in [0.717, 1.165) is 5.69 Å². The average molecular weight is 1710 g/mol. The second kappa shape index (κ2) is 45.1. The molecule has 0 unspecified atom stereocenters. The Hall–Kier alpha value is -12.6. The molecule has 38 nitrogen and oxygen atoms in total. The molecule has 0 radical (unpaired) electrons. The molecule has 11 amide bonds. The summed E-state index contributed by atoms with van der Waals surface area (Å²) < 4.78 is 5.95. The first-order chi connectivity index (χ1) is 58.4. The van der Waals surface area contributed by atoms with E-state index in [2.05, 4.69) is 63.4 Å². The monoisotopic (exact) mass is 1710 g/mol. The van der Waals surface area contributed by atoms with Crippen molar-refractivity contribution in [3.8, 4) is 28.2 Å². The molecule has 3 heterocycles. The van der Waals surface area contributed by atoms with Crippen molar-refractivity contribution in [2.24, 2.45) is 33.3 Å². The zero-order chi connectivity index (χ0) is 88.3. The van der Waals surface area contributed by atoms with Crippen molar-refractivity contribution < 1.29 is 82.2 Å². The quantitative estimate of drug-likeness (QED) is 0.00648. The Morgan fingerprint density at radius 3 is 1.80 bits per heavy atom. The lowest BCUT2D eigenvalue weighted by Crippen LogP contribution is -2.59. The lowest BCUT2D eigenvalue weighted by atomic mass is 9.85. The number of nitrogens with two attached hydrogens (primary N) is 3. The Bertz CT molecular complexity index is 4830. The van der Waals surface area contributed by atoms with Crippen molar-refractivity contribution in [1.29, 1.82) is 0 Å². The number of thiocarbonyl (C=S) groups is 1. The van der Waals surface area contributed by atoms with E-state index in [4.69, 9.17) is 33.8 Å². The topological polar surface area (TPSA) is 572 Å². The van der Waals surface area contributed by atoms with Crippen molar-refractivity contribution in [3.63, 3.8) is 0 Å². The van der Waals surface area contributed by atoms with Gasteiger partial charge in [0, 0.05) is 104 Å². The third-order valence-electron chi connectivity index (χ3n) is 21.6. The van der Waals surface area contributed by atoms with Gasteiger partial charge in [-0.1, -0.05) is 6.07 Å². The van der Waals surface area contributed by atoms with Crippen LogP contribution in [0.1, 0.15) is 140 Å². The molecule has 654 valence electrons. The zero-order valence-electron chi connectivity index (χ0n) is 68.2. The number of anilines is 2. The van der Waals surface area contributed by atoms with Gasteiger partial charge < -0.3 is 105 Å². The summed E-state index contributed by atoms with van der Waals surface area (Å²) >= 11 is 5.68. The van der Waals surface area contributed by atoms with Crippen LogP contribution in [0.4, 0.5) is 28.4 Å². The SMILES string of the molecule is C[C@H](NC(=O)C1CCC(NC(=S)Nc2ccc(-c3c4ccc(=O)cc-4oc4cc(O)ccc34)c(C(=O)O)c2)CC1)C(=O)N1CCC[C@H]1C(=O)N[C@@H](C)C(=O)N1CCC[C@H]1C(=O)N[C@@H](CCCCNC(=O)CCN(C)c1ccc(N=Nc2ccc([N+](=O)[O-])cc2)cc1)C(=O)N[C@@H](CCCCN)C(=O)NCC(=O)N[C@@H](CO)C(=O)N[C@@H](CCCCN)C(N)=O. The fraction of sp³-hybridized carbons (Fsp3) is 0.470. The molecular weight excluding hydrogens is 1600 g/mol. The number of carboxylic acid groups (broad SMARTS) is 1. The predicted octanol–water partition coefficient (Wildman–Crippen LogP) is 3.73. The van der Waals surface area contributed by atoms with Gasteiger partial charge in [0.2, 0.25) is 65.0 Å². The number of aliphatic hydroxyl groups excluding tert-OH is 1. The maximum Gasteiger partial charge on any atom is 0.336 e. The number of fused-ring (bicyclic) bond motifs is 2. The van der Waals surface area contributed by atoms with E-state index in [9.17, 15) is 87.8 Å². The molecule has 39 heteroatoms. The molecular formula is C83H107N19O19S. The number of likely N-dealkylation sites (tertiary alicyclic amines) is 2. The smallest absolute Gasteiger partial charge is 0.336 e. The van der Waals surface area contributed by atoms with Crippen LogP contribution in [-0.2, 0) is 52.7 Å². The number of nitro groups is 1. The molecule has 19 N–H and O–H groups in total. The Labute approximate surface area is 708 Å². The van der Waals surface area contributed by atoms with Gasteiger partial charge in [0.15, 0.2) is 10.5 Å². The van der Waals surface area contributed by atoms with Gasteiger partial charge >= 0.3 is 5.97 Å². The molecule has 4 aromatic rings. The number of nitrogens with one attached hydrogen (secondary N) is 10. The molecule has 3 fully saturated rings. The minimum Gasteiger partial charge on any atom is -0.508 e. The Morgan fingerprint density at radius 1 is 0.631 bits per heavy atom. The highest BCUT2D eigenvalue weighted by atomic mass is 32.1. The third kappa shape index (κ3) is 26.2. The van der Waals surface area contributed by atoms with Crippen LogP contribution in [0.15, 0.2) is 123 Å². The molecule has 0 bridgehead atoms. The molecule has 2 saturated heterocycles. The summed E-state index contributed by atoms with van der Waals surface area (Å²) in [4.78, 5) is 192. The standard InChI is InChI=1S/C83H107N19O19S/c1-47(89-74(109)49-17-19-50(20-18-49)91-83(122)92-53-25-32-58(61(42-53)82(117)118)72-59-33-30-56(104)43-68(59)121-69-44-57(105)31-34-60(69)72)80(115)100-39-10-15-66(100)78(113)90-48(2)81(116)101-40-11-16-67(101)79(114)96-64(14-6-9-38-87-70(106)35-41-99(3)54-26-21-51(22-27-54)97-98-52-23-28-55(29-24-52)102(119)120)76(111)95-63(13-5-8-37-85)75(110)88-45-71(107)93-65(46-103)77(112)94-62(73(86)108)12-4-7-36-84/h21-34,42-44,47-50,62-67,103-104H,4-20,35-41,45-46,84-85H2,1-3H3,(H2,86,108)(H,87,106)(H,88,110)(H,89,109)(H,90,113)(H,93,107)(H,94,112)(H,95,111)(H,96,114)(H,117,118)(H2,91,92,122)/t47-,48-,49?,50?,62-,63-,64-,65-,66-,67-/m0/s1.